The molecule has 53 heavy (non-hydrogen) atoms. The van der Waals surface area contributed by atoms with Gasteiger partial charge >= 0.3 is 0 Å². The van der Waals surface area contributed by atoms with Crippen molar-refractivity contribution in [2.45, 2.75) is 86.6 Å². The van der Waals surface area contributed by atoms with E-state index in [2.05, 4.69) is 191 Å². The Morgan fingerprint density at radius 3 is 2.19 bits per heavy atom. The molecule has 5 aliphatic rings. The third kappa shape index (κ3) is 4.89. The lowest BCUT2D eigenvalue weighted by molar-refractivity contribution is 0.339. The molecule has 5 aromatic rings. The van der Waals surface area contributed by atoms with Crippen molar-refractivity contribution >= 4 is 41.5 Å². The molecule has 1 nitrogen and oxygen atoms in total. The van der Waals surface area contributed by atoms with Crippen molar-refractivity contribution in [2.75, 3.05) is 4.90 Å². The Labute approximate surface area is 321 Å². The standard InChI is InChI=1S/C50H49NSSi/c1-49(2)40-17-11-10-16-37(40)38-26-24-35(30-42(38)49)51(34-22-20-33(21-23-34)32-14-8-7-9-15-32)36-25-27-39-43(31-36)50(3,4)41-28-29-46-48(47(39)41)52-44-18-12-13-19-45(44)53(46,5)6/h7-24,26,28-29,31,39,42-43H,25,27,30H2,1-6H3. The van der Waals surface area contributed by atoms with Gasteiger partial charge in [0.1, 0.15) is 8.07 Å². The zero-order valence-electron chi connectivity index (χ0n) is 31.9. The normalized spacial score (nSPS) is 23.6. The Hall–Kier alpha value is -4.31. The lowest BCUT2D eigenvalue weighted by atomic mass is 9.71. The Kier molecular flexibility index (Phi) is 7.43. The molecule has 0 fully saturated rings. The van der Waals surface area contributed by atoms with E-state index in [4.69, 9.17) is 0 Å². The summed E-state index contributed by atoms with van der Waals surface area (Å²) in [5, 5.41) is 3.24. The van der Waals surface area contributed by atoms with Crippen LogP contribution in [-0.4, -0.2) is 8.07 Å². The number of hydrogen-bond acceptors (Lipinski definition) is 2. The Bertz CT molecular complexity index is 2390. The molecule has 0 radical (unpaired) electrons. The highest BCUT2D eigenvalue weighted by atomic mass is 32.2. The number of benzene rings is 5. The Morgan fingerprint density at radius 1 is 0.660 bits per heavy atom. The average Bonchev–Trinajstić information content (AvgIpc) is 3.55. The van der Waals surface area contributed by atoms with E-state index in [1.807, 2.05) is 0 Å². The minimum atomic E-state index is -1.81. The first kappa shape index (κ1) is 33.3. The van der Waals surface area contributed by atoms with E-state index in [9.17, 15) is 0 Å². The van der Waals surface area contributed by atoms with Gasteiger partial charge in [0.2, 0.25) is 0 Å². The topological polar surface area (TPSA) is 3.24 Å². The highest BCUT2D eigenvalue weighted by Crippen LogP contribution is 2.60. The number of hydrogen-bond donors (Lipinski definition) is 0. The first-order chi connectivity index (χ1) is 25.5. The SMILES string of the molecule is CC1(C)c2ccccc2C2=CC=C(N(C3=CC4C(CC3)c3c(ccc5c3Sc3ccccc3[Si]5(C)C)C4(C)C)c3ccc(-c4ccccc4)cc3)CC21. The molecule has 3 unspecified atom stereocenters. The summed E-state index contributed by atoms with van der Waals surface area (Å²) in [6, 6.07) is 43.6. The van der Waals surface area contributed by atoms with E-state index < -0.39 is 8.07 Å². The van der Waals surface area contributed by atoms with Crippen LogP contribution in [0.4, 0.5) is 5.69 Å². The minimum Gasteiger partial charge on any atom is -0.318 e. The highest BCUT2D eigenvalue weighted by Gasteiger charge is 2.51. The molecule has 3 heteroatoms. The van der Waals surface area contributed by atoms with Gasteiger partial charge in [-0.2, -0.15) is 0 Å². The summed E-state index contributed by atoms with van der Waals surface area (Å²) in [6.45, 7) is 15.1. The summed E-state index contributed by atoms with van der Waals surface area (Å²) >= 11 is 2.06. The zero-order valence-corrected chi connectivity index (χ0v) is 33.7. The van der Waals surface area contributed by atoms with Crippen LogP contribution in [0.15, 0.2) is 155 Å². The van der Waals surface area contributed by atoms with Crippen LogP contribution >= 0.6 is 11.8 Å². The van der Waals surface area contributed by atoms with Gasteiger partial charge in [0.15, 0.2) is 0 Å². The lowest BCUT2D eigenvalue weighted by Crippen LogP contribution is -2.56. The number of anilines is 1. The second-order valence-corrected chi connectivity index (χ2v) is 23.1. The second-order valence-electron chi connectivity index (χ2n) is 17.7. The van der Waals surface area contributed by atoms with E-state index in [0.29, 0.717) is 17.8 Å². The van der Waals surface area contributed by atoms with Gasteiger partial charge in [-0.3, -0.25) is 0 Å². The van der Waals surface area contributed by atoms with Crippen LogP contribution in [0, 0.1) is 11.8 Å². The molecule has 1 aliphatic heterocycles. The summed E-state index contributed by atoms with van der Waals surface area (Å²) in [4.78, 5) is 5.75. The zero-order chi connectivity index (χ0) is 36.3. The van der Waals surface area contributed by atoms with Gasteiger partial charge in [-0.1, -0.05) is 162 Å². The third-order valence-electron chi connectivity index (χ3n) is 13.9. The molecule has 0 amide bonds. The van der Waals surface area contributed by atoms with Gasteiger partial charge in [-0.15, -0.1) is 0 Å². The van der Waals surface area contributed by atoms with E-state index in [1.54, 1.807) is 26.4 Å². The molecule has 0 bridgehead atoms. The minimum absolute atomic E-state index is 0.0515. The second kappa shape index (κ2) is 11.8. The molecule has 0 N–H and O–H groups in total. The first-order valence-electron chi connectivity index (χ1n) is 19.7. The molecular formula is C50H49NSSi. The maximum Gasteiger partial charge on any atom is 0.115 e. The summed E-state index contributed by atoms with van der Waals surface area (Å²) in [5.41, 5.74) is 14.5. The molecule has 0 saturated heterocycles. The van der Waals surface area contributed by atoms with Gasteiger partial charge in [-0.05, 0) is 121 Å². The van der Waals surface area contributed by atoms with E-state index in [0.717, 1.165) is 12.8 Å². The highest BCUT2D eigenvalue weighted by molar-refractivity contribution is 8.00. The van der Waals surface area contributed by atoms with Gasteiger partial charge in [0.05, 0.1) is 0 Å². The van der Waals surface area contributed by atoms with E-state index >= 15 is 0 Å². The van der Waals surface area contributed by atoms with Crippen LogP contribution in [0.25, 0.3) is 16.7 Å². The first-order valence-corrected chi connectivity index (χ1v) is 23.5. The fourth-order valence-electron chi connectivity index (χ4n) is 11.0. The number of allylic oxidation sites excluding steroid dienone is 6. The smallest absolute Gasteiger partial charge is 0.115 e. The van der Waals surface area contributed by atoms with Crippen LogP contribution in [0.1, 0.15) is 75.1 Å². The van der Waals surface area contributed by atoms with Crippen molar-refractivity contribution in [3.63, 3.8) is 0 Å². The molecular weight excluding hydrogens is 675 g/mol. The van der Waals surface area contributed by atoms with E-state index in [1.165, 1.54) is 56.2 Å². The maximum absolute atomic E-state index is 2.73. The molecule has 3 atom stereocenters. The van der Waals surface area contributed by atoms with Crippen LogP contribution in [0.5, 0.6) is 0 Å². The van der Waals surface area contributed by atoms with E-state index in [-0.39, 0.29) is 10.8 Å². The van der Waals surface area contributed by atoms with Gasteiger partial charge in [0.25, 0.3) is 0 Å². The van der Waals surface area contributed by atoms with Gasteiger partial charge < -0.3 is 4.90 Å². The quantitative estimate of drug-likeness (QED) is 0.170. The number of rotatable bonds is 4. The molecule has 0 saturated carbocycles. The van der Waals surface area contributed by atoms with Crippen molar-refractivity contribution in [2.24, 2.45) is 11.8 Å². The molecule has 4 aliphatic carbocycles. The molecule has 10 rings (SSSR count). The maximum atomic E-state index is 2.73. The molecule has 0 aromatic heterocycles. The Balaban J connectivity index is 1.08. The van der Waals surface area contributed by atoms with Crippen LogP contribution in [-0.2, 0) is 10.8 Å². The van der Waals surface area contributed by atoms with Crippen molar-refractivity contribution < 1.29 is 0 Å². The molecule has 1 heterocycles. The molecule has 264 valence electrons. The van der Waals surface area contributed by atoms with Crippen molar-refractivity contribution in [1.29, 1.82) is 0 Å². The number of nitrogens with zero attached hydrogens (tertiary/aromatic N) is 1. The van der Waals surface area contributed by atoms with Crippen molar-refractivity contribution in [3.05, 3.63) is 167 Å². The average molecular weight is 724 g/mol. The molecule has 0 spiro atoms. The third-order valence-corrected chi connectivity index (χ3v) is 19.0. The lowest BCUT2D eigenvalue weighted by Gasteiger charge is -2.41. The monoisotopic (exact) mass is 723 g/mol. The summed E-state index contributed by atoms with van der Waals surface area (Å²) < 4.78 is 0. The van der Waals surface area contributed by atoms with Crippen LogP contribution in [0.3, 0.4) is 0 Å². The predicted octanol–water partition coefficient (Wildman–Crippen LogP) is 12.1. The van der Waals surface area contributed by atoms with Crippen molar-refractivity contribution in [1.82, 2.24) is 0 Å². The Morgan fingerprint density at radius 2 is 1.38 bits per heavy atom. The summed E-state index contributed by atoms with van der Waals surface area (Å²) in [7, 11) is -1.81. The van der Waals surface area contributed by atoms with Crippen LogP contribution < -0.4 is 15.3 Å². The molecule has 5 aromatic carbocycles. The summed E-state index contributed by atoms with van der Waals surface area (Å²) in [5.74, 6) is 1.44. The van der Waals surface area contributed by atoms with Gasteiger partial charge in [-0.25, -0.2) is 0 Å². The largest absolute Gasteiger partial charge is 0.318 e. The van der Waals surface area contributed by atoms with Crippen LogP contribution in [0.2, 0.25) is 13.1 Å². The number of fused-ring (bicyclic) bond motifs is 9. The van der Waals surface area contributed by atoms with Gasteiger partial charge in [0, 0.05) is 26.9 Å². The summed E-state index contributed by atoms with van der Waals surface area (Å²) in [6.07, 6.45) is 10.9. The predicted molar refractivity (Wildman–Crippen MR) is 228 cm³/mol. The van der Waals surface area contributed by atoms with Crippen molar-refractivity contribution in [3.8, 4) is 11.1 Å². The fraction of sp³-hybridized carbons (Fsp3) is 0.280. The fourth-order valence-corrected chi connectivity index (χ4v) is 16.6.